The Bertz CT molecular complexity index is 1040. The second kappa shape index (κ2) is 11.0. The zero-order valence-corrected chi connectivity index (χ0v) is 19.3. The number of nitrogens with zero attached hydrogens (tertiary/aromatic N) is 3. The highest BCUT2D eigenvalue weighted by atomic mass is 16.6. The van der Waals surface area contributed by atoms with Crippen molar-refractivity contribution in [3.63, 3.8) is 0 Å². The molecule has 0 radical (unpaired) electrons. The van der Waals surface area contributed by atoms with Gasteiger partial charge in [0.15, 0.2) is 17.3 Å². The highest BCUT2D eigenvalue weighted by Gasteiger charge is 2.22. The zero-order valence-electron chi connectivity index (χ0n) is 19.3. The van der Waals surface area contributed by atoms with E-state index in [-0.39, 0.29) is 30.5 Å². The van der Waals surface area contributed by atoms with Crippen LogP contribution in [-0.4, -0.2) is 73.5 Å². The van der Waals surface area contributed by atoms with E-state index in [1.54, 1.807) is 37.3 Å². The molecule has 1 saturated heterocycles. The third-order valence-electron chi connectivity index (χ3n) is 5.86. The van der Waals surface area contributed by atoms with E-state index in [2.05, 4.69) is 9.88 Å². The highest BCUT2D eigenvalue weighted by Crippen LogP contribution is 2.31. The summed E-state index contributed by atoms with van der Waals surface area (Å²) < 4.78 is 16.0. The molecule has 0 atom stereocenters. The van der Waals surface area contributed by atoms with Crippen LogP contribution in [0.3, 0.4) is 0 Å². The summed E-state index contributed by atoms with van der Waals surface area (Å²) in [5.41, 5.74) is 0.941. The minimum atomic E-state index is -0.389. The number of ether oxygens (including phenoxy) is 3. The molecule has 0 saturated carbocycles. The second-order valence-electron chi connectivity index (χ2n) is 8.13. The Morgan fingerprint density at radius 3 is 2.50 bits per heavy atom. The van der Waals surface area contributed by atoms with Crippen LogP contribution in [0.2, 0.25) is 0 Å². The van der Waals surface area contributed by atoms with Crippen LogP contribution in [-0.2, 0) is 9.53 Å². The molecule has 9 nitrogen and oxygen atoms in total. The summed E-state index contributed by atoms with van der Waals surface area (Å²) >= 11 is 0. The summed E-state index contributed by atoms with van der Waals surface area (Å²) in [6.45, 7) is 5.61. The fourth-order valence-electron chi connectivity index (χ4n) is 4.04. The predicted octanol–water partition coefficient (Wildman–Crippen LogP) is 2.73. The van der Waals surface area contributed by atoms with Crippen molar-refractivity contribution < 1.29 is 28.6 Å². The van der Waals surface area contributed by atoms with E-state index in [1.807, 2.05) is 4.90 Å². The Morgan fingerprint density at radius 1 is 0.941 bits per heavy atom. The molecule has 0 unspecified atom stereocenters. The van der Waals surface area contributed by atoms with Crippen molar-refractivity contribution in [1.29, 1.82) is 0 Å². The third kappa shape index (κ3) is 5.65. The molecule has 0 spiro atoms. The molecule has 0 N–H and O–H groups in total. The predicted molar refractivity (Wildman–Crippen MR) is 125 cm³/mol. The molecule has 3 heterocycles. The van der Waals surface area contributed by atoms with Crippen molar-refractivity contribution in [2.24, 2.45) is 0 Å². The molecule has 34 heavy (non-hydrogen) atoms. The number of benzene rings is 1. The third-order valence-corrected chi connectivity index (χ3v) is 5.86. The zero-order chi connectivity index (χ0) is 23.9. The van der Waals surface area contributed by atoms with Crippen molar-refractivity contribution in [1.82, 2.24) is 9.88 Å². The van der Waals surface area contributed by atoms with Gasteiger partial charge in [0.1, 0.15) is 19.0 Å². The maximum absolute atomic E-state index is 12.8. The number of Topliss-reactive ketones (excluding diaryl/α,β-unsaturated/α-hetero) is 1. The van der Waals surface area contributed by atoms with E-state index in [9.17, 15) is 14.4 Å². The molecule has 2 aromatic rings. The molecule has 1 aromatic carbocycles. The number of rotatable bonds is 7. The van der Waals surface area contributed by atoms with Gasteiger partial charge in [0.05, 0.1) is 12.2 Å². The summed E-state index contributed by atoms with van der Waals surface area (Å²) in [5.74, 6) is 1.46. The fraction of sp³-hybridized carbons (Fsp3) is 0.440. The Morgan fingerprint density at radius 2 is 1.74 bits per heavy atom. The Balaban J connectivity index is 1.28. The maximum atomic E-state index is 12.8. The van der Waals surface area contributed by atoms with Crippen LogP contribution in [0, 0.1) is 0 Å². The molecule has 1 amide bonds. The number of carbonyl (C=O) groups excluding carboxylic acids is 3. The van der Waals surface area contributed by atoms with Crippen LogP contribution in [0.1, 0.15) is 46.9 Å². The molecule has 1 fully saturated rings. The molecule has 0 bridgehead atoms. The number of carbonyl (C=O) groups is 3. The van der Waals surface area contributed by atoms with Gasteiger partial charge in [-0.3, -0.25) is 9.59 Å². The number of aromatic nitrogens is 1. The van der Waals surface area contributed by atoms with Crippen molar-refractivity contribution in [3.05, 3.63) is 47.7 Å². The number of hydrogen-bond donors (Lipinski definition) is 0. The lowest BCUT2D eigenvalue weighted by atomic mass is 10.1. The van der Waals surface area contributed by atoms with Gasteiger partial charge in [0.2, 0.25) is 5.91 Å². The number of amides is 1. The monoisotopic (exact) mass is 467 g/mol. The van der Waals surface area contributed by atoms with Gasteiger partial charge in [-0.15, -0.1) is 0 Å². The van der Waals surface area contributed by atoms with Crippen LogP contribution in [0.4, 0.5) is 5.82 Å². The molecule has 4 rings (SSSR count). The Labute approximate surface area is 198 Å². The van der Waals surface area contributed by atoms with Crippen LogP contribution in [0.25, 0.3) is 0 Å². The molecule has 0 aliphatic carbocycles. The van der Waals surface area contributed by atoms with Gasteiger partial charge in [-0.05, 0) is 43.7 Å². The molecule has 2 aliphatic rings. The lowest BCUT2D eigenvalue weighted by Crippen LogP contribution is -2.35. The number of esters is 1. The van der Waals surface area contributed by atoms with E-state index in [0.29, 0.717) is 62.1 Å². The summed E-state index contributed by atoms with van der Waals surface area (Å²) in [6.07, 6.45) is 2.63. The van der Waals surface area contributed by atoms with E-state index in [0.717, 1.165) is 18.8 Å². The van der Waals surface area contributed by atoms with E-state index in [1.165, 1.54) is 6.20 Å². The van der Waals surface area contributed by atoms with Crippen molar-refractivity contribution >= 4 is 23.5 Å². The standard InChI is InChI=1S/C25H29N3O6/c1-2-32-25(31)19-5-8-23(26-17-19)27-10-3-11-28(13-12-27)24(30)9-6-20(29)18-4-7-21-22(16-18)34-15-14-33-21/h4-5,7-8,16-17H,2-3,6,9-15H2,1H3. The quantitative estimate of drug-likeness (QED) is 0.453. The summed E-state index contributed by atoms with van der Waals surface area (Å²) in [4.78, 5) is 45.5. The lowest BCUT2D eigenvalue weighted by Gasteiger charge is -2.23. The Hall–Kier alpha value is -3.62. The lowest BCUT2D eigenvalue weighted by molar-refractivity contribution is -0.130. The first-order chi connectivity index (χ1) is 16.5. The SMILES string of the molecule is CCOC(=O)c1ccc(N2CCCN(C(=O)CCC(=O)c3ccc4c(c3)OCCO4)CC2)nc1. The van der Waals surface area contributed by atoms with Gasteiger partial charge in [-0.2, -0.15) is 0 Å². The fourth-order valence-corrected chi connectivity index (χ4v) is 4.04. The smallest absolute Gasteiger partial charge is 0.339 e. The average molecular weight is 468 g/mol. The number of anilines is 1. The molecular formula is C25H29N3O6. The minimum absolute atomic E-state index is 0.0293. The number of pyridine rings is 1. The first kappa shape index (κ1) is 23.5. The van der Waals surface area contributed by atoms with Gasteiger partial charge in [-0.1, -0.05) is 0 Å². The summed E-state index contributed by atoms with van der Waals surface area (Å²) in [6, 6.07) is 8.64. The largest absolute Gasteiger partial charge is 0.486 e. The van der Waals surface area contributed by atoms with Gasteiger partial charge in [0, 0.05) is 50.8 Å². The van der Waals surface area contributed by atoms with Crippen LogP contribution < -0.4 is 14.4 Å². The number of hydrogen-bond acceptors (Lipinski definition) is 8. The molecule has 180 valence electrons. The maximum Gasteiger partial charge on any atom is 0.339 e. The number of ketones is 1. The molecule has 1 aromatic heterocycles. The minimum Gasteiger partial charge on any atom is -0.486 e. The number of fused-ring (bicyclic) bond motifs is 1. The van der Waals surface area contributed by atoms with Crippen LogP contribution in [0.15, 0.2) is 36.5 Å². The normalized spacial score (nSPS) is 15.4. The van der Waals surface area contributed by atoms with E-state index < -0.39 is 0 Å². The Kier molecular flexibility index (Phi) is 7.61. The van der Waals surface area contributed by atoms with Gasteiger partial charge < -0.3 is 24.0 Å². The summed E-state index contributed by atoms with van der Waals surface area (Å²) in [5, 5.41) is 0. The summed E-state index contributed by atoms with van der Waals surface area (Å²) in [7, 11) is 0. The van der Waals surface area contributed by atoms with Crippen molar-refractivity contribution in [3.8, 4) is 11.5 Å². The van der Waals surface area contributed by atoms with Crippen LogP contribution in [0.5, 0.6) is 11.5 Å². The highest BCUT2D eigenvalue weighted by molar-refractivity contribution is 5.98. The van der Waals surface area contributed by atoms with Crippen molar-refractivity contribution in [2.75, 3.05) is 50.9 Å². The van der Waals surface area contributed by atoms with E-state index in [4.69, 9.17) is 14.2 Å². The molecule has 2 aliphatic heterocycles. The first-order valence-electron chi connectivity index (χ1n) is 11.6. The topological polar surface area (TPSA) is 98.3 Å². The van der Waals surface area contributed by atoms with Gasteiger partial charge in [-0.25, -0.2) is 9.78 Å². The molecular weight excluding hydrogens is 438 g/mol. The van der Waals surface area contributed by atoms with Gasteiger partial charge in [0.25, 0.3) is 0 Å². The second-order valence-corrected chi connectivity index (χ2v) is 8.13. The average Bonchev–Trinajstić information content (AvgIpc) is 3.13. The van der Waals surface area contributed by atoms with Crippen LogP contribution >= 0.6 is 0 Å². The molecule has 9 heteroatoms. The van der Waals surface area contributed by atoms with Crippen molar-refractivity contribution in [2.45, 2.75) is 26.2 Å². The van der Waals surface area contributed by atoms with Gasteiger partial charge >= 0.3 is 5.97 Å². The first-order valence-corrected chi connectivity index (χ1v) is 11.6. The van der Waals surface area contributed by atoms with E-state index >= 15 is 0 Å².